The summed E-state index contributed by atoms with van der Waals surface area (Å²) in [5, 5.41) is 17.6. The molecule has 0 heterocycles. The summed E-state index contributed by atoms with van der Waals surface area (Å²) >= 11 is 0. The lowest BCUT2D eigenvalue weighted by Gasteiger charge is -2.16. The van der Waals surface area contributed by atoms with E-state index in [0.717, 1.165) is 6.42 Å². The molecule has 0 radical (unpaired) electrons. The second kappa shape index (κ2) is 6.84. The van der Waals surface area contributed by atoms with Crippen LogP contribution >= 0.6 is 0 Å². The van der Waals surface area contributed by atoms with Gasteiger partial charge in [-0.1, -0.05) is 19.4 Å². The molecule has 2 atom stereocenters. The van der Waals surface area contributed by atoms with Crippen LogP contribution in [0.1, 0.15) is 19.8 Å². The van der Waals surface area contributed by atoms with Crippen LogP contribution in [-0.4, -0.2) is 23.9 Å². The molecule has 0 amide bonds. The Bertz CT molecular complexity index is 162. The Morgan fingerprint density at radius 2 is 2.42 bits per heavy atom. The Morgan fingerprint density at radius 1 is 1.75 bits per heavy atom. The highest BCUT2D eigenvalue weighted by Crippen LogP contribution is 2.06. The molecule has 0 rings (SSSR count). The fourth-order valence-corrected chi connectivity index (χ4v) is 0.892. The van der Waals surface area contributed by atoms with Crippen LogP contribution in [0.15, 0.2) is 12.7 Å². The van der Waals surface area contributed by atoms with E-state index in [1.807, 2.05) is 6.92 Å². The second-order valence-electron chi connectivity index (χ2n) is 2.52. The molecule has 3 nitrogen and oxygen atoms in total. The lowest BCUT2D eigenvalue weighted by Crippen LogP contribution is -2.27. The molecular weight excluding hydrogens is 154 g/mol. The summed E-state index contributed by atoms with van der Waals surface area (Å²) in [6.45, 7) is 5.85. The van der Waals surface area contributed by atoms with E-state index in [1.165, 1.54) is 0 Å². The van der Waals surface area contributed by atoms with Gasteiger partial charge in [0.1, 0.15) is 0 Å². The molecular formula is C9H15NO2. The van der Waals surface area contributed by atoms with E-state index in [4.69, 9.17) is 15.1 Å². The molecule has 0 aromatic carbocycles. The van der Waals surface area contributed by atoms with Crippen molar-refractivity contribution < 1.29 is 9.84 Å². The van der Waals surface area contributed by atoms with E-state index in [9.17, 15) is 0 Å². The van der Waals surface area contributed by atoms with Crippen LogP contribution in [-0.2, 0) is 4.74 Å². The number of aliphatic hydroxyl groups is 1. The molecule has 0 aliphatic heterocycles. The van der Waals surface area contributed by atoms with Crippen molar-refractivity contribution in [3.05, 3.63) is 12.7 Å². The highest BCUT2D eigenvalue weighted by molar-refractivity contribution is 4.89. The van der Waals surface area contributed by atoms with Gasteiger partial charge in [-0.15, -0.1) is 6.58 Å². The largest absolute Gasteiger partial charge is 0.375 e. The first-order valence-corrected chi connectivity index (χ1v) is 4.06. The van der Waals surface area contributed by atoms with E-state index >= 15 is 0 Å². The summed E-state index contributed by atoms with van der Waals surface area (Å²) in [5.74, 6) is 0. The molecule has 0 fully saturated rings. The number of nitriles is 1. The van der Waals surface area contributed by atoms with Crippen LogP contribution in [0.5, 0.6) is 0 Å². The first-order chi connectivity index (χ1) is 5.76. The van der Waals surface area contributed by atoms with Crippen LogP contribution < -0.4 is 0 Å². The summed E-state index contributed by atoms with van der Waals surface area (Å²) in [6, 6.07) is 1.75. The highest BCUT2D eigenvalue weighted by Gasteiger charge is 2.17. The van der Waals surface area contributed by atoms with Gasteiger partial charge in [0.2, 0.25) is 0 Å². The van der Waals surface area contributed by atoms with E-state index in [2.05, 4.69) is 6.58 Å². The van der Waals surface area contributed by atoms with Crippen molar-refractivity contribution in [2.45, 2.75) is 32.0 Å². The zero-order valence-corrected chi connectivity index (χ0v) is 7.36. The average molecular weight is 169 g/mol. The molecule has 0 saturated heterocycles. The summed E-state index contributed by atoms with van der Waals surface area (Å²) in [6.07, 6.45) is 1.79. The summed E-state index contributed by atoms with van der Waals surface area (Å²) in [5.41, 5.74) is 0. The third-order valence-corrected chi connectivity index (χ3v) is 1.49. The lowest BCUT2D eigenvalue weighted by atomic mass is 10.1. The van der Waals surface area contributed by atoms with Gasteiger partial charge in [0.05, 0.1) is 18.8 Å². The Hall–Kier alpha value is -0.850. The third-order valence-electron chi connectivity index (χ3n) is 1.49. The maximum Gasteiger partial charge on any atom is 0.166 e. The standard InChI is InChI=1S/C9H15NO2/c1-3-5-9(8(11)7-10)12-6-4-2/h4,8-9,11H,2-3,5-6H2,1H3/t8-,9?/m1/s1. The SMILES string of the molecule is C=CCOC(CCC)[C@H](O)C#N. The molecule has 0 aromatic heterocycles. The normalized spacial score (nSPS) is 14.8. The fourth-order valence-electron chi connectivity index (χ4n) is 0.892. The van der Waals surface area contributed by atoms with E-state index in [0.29, 0.717) is 13.0 Å². The number of rotatable bonds is 6. The molecule has 3 heteroatoms. The first-order valence-electron chi connectivity index (χ1n) is 4.06. The van der Waals surface area contributed by atoms with Crippen molar-refractivity contribution in [2.24, 2.45) is 0 Å². The number of aliphatic hydroxyl groups excluding tert-OH is 1. The van der Waals surface area contributed by atoms with Gasteiger partial charge in [-0.2, -0.15) is 5.26 Å². The van der Waals surface area contributed by atoms with Crippen LogP contribution in [0, 0.1) is 11.3 Å². The minimum Gasteiger partial charge on any atom is -0.375 e. The molecule has 0 aromatic rings. The molecule has 1 unspecified atom stereocenters. The van der Waals surface area contributed by atoms with Gasteiger partial charge in [0.25, 0.3) is 0 Å². The Kier molecular flexibility index (Phi) is 6.35. The van der Waals surface area contributed by atoms with Gasteiger partial charge in [-0.05, 0) is 6.42 Å². The van der Waals surface area contributed by atoms with Crippen molar-refractivity contribution in [1.82, 2.24) is 0 Å². The molecule has 12 heavy (non-hydrogen) atoms. The van der Waals surface area contributed by atoms with E-state index in [-0.39, 0.29) is 6.10 Å². The van der Waals surface area contributed by atoms with E-state index in [1.54, 1.807) is 12.1 Å². The molecule has 0 saturated carbocycles. The van der Waals surface area contributed by atoms with Crippen LogP contribution in [0.4, 0.5) is 0 Å². The quantitative estimate of drug-likeness (QED) is 0.481. The maximum atomic E-state index is 9.16. The Labute approximate surface area is 73.3 Å². The number of hydrogen-bond acceptors (Lipinski definition) is 3. The minimum atomic E-state index is -1.02. The van der Waals surface area contributed by atoms with Crippen molar-refractivity contribution in [3.63, 3.8) is 0 Å². The second-order valence-corrected chi connectivity index (χ2v) is 2.52. The highest BCUT2D eigenvalue weighted by atomic mass is 16.5. The summed E-state index contributed by atoms with van der Waals surface area (Å²) in [7, 11) is 0. The zero-order valence-electron chi connectivity index (χ0n) is 7.36. The van der Waals surface area contributed by atoms with E-state index < -0.39 is 6.10 Å². The maximum absolute atomic E-state index is 9.16. The van der Waals surface area contributed by atoms with Crippen LogP contribution in [0.25, 0.3) is 0 Å². The van der Waals surface area contributed by atoms with Gasteiger partial charge in [0, 0.05) is 0 Å². The topological polar surface area (TPSA) is 53.2 Å². The molecule has 0 spiro atoms. The van der Waals surface area contributed by atoms with Gasteiger partial charge in [-0.3, -0.25) is 0 Å². The number of ether oxygens (including phenoxy) is 1. The minimum absolute atomic E-state index is 0.377. The first kappa shape index (κ1) is 11.2. The Morgan fingerprint density at radius 3 is 2.83 bits per heavy atom. The van der Waals surface area contributed by atoms with Crippen molar-refractivity contribution in [1.29, 1.82) is 5.26 Å². The smallest absolute Gasteiger partial charge is 0.166 e. The van der Waals surface area contributed by atoms with Gasteiger partial charge >= 0.3 is 0 Å². The van der Waals surface area contributed by atoms with Crippen LogP contribution in [0.3, 0.4) is 0 Å². The molecule has 0 aliphatic rings. The number of nitrogens with zero attached hydrogens (tertiary/aromatic N) is 1. The molecule has 0 aliphatic carbocycles. The molecule has 1 N–H and O–H groups in total. The van der Waals surface area contributed by atoms with Crippen molar-refractivity contribution in [2.75, 3.05) is 6.61 Å². The van der Waals surface area contributed by atoms with Crippen molar-refractivity contribution in [3.8, 4) is 6.07 Å². The zero-order chi connectivity index (χ0) is 9.40. The average Bonchev–Trinajstić information content (AvgIpc) is 2.11. The van der Waals surface area contributed by atoms with Gasteiger partial charge in [-0.25, -0.2) is 0 Å². The van der Waals surface area contributed by atoms with Crippen LogP contribution in [0.2, 0.25) is 0 Å². The number of hydrogen-bond donors (Lipinski definition) is 1. The fraction of sp³-hybridized carbons (Fsp3) is 0.667. The van der Waals surface area contributed by atoms with Crippen molar-refractivity contribution >= 4 is 0 Å². The third kappa shape index (κ3) is 4.12. The summed E-state index contributed by atoms with van der Waals surface area (Å²) in [4.78, 5) is 0. The predicted octanol–water partition coefficient (Wildman–Crippen LogP) is 1.24. The molecule has 0 bridgehead atoms. The predicted molar refractivity (Wildman–Crippen MR) is 46.5 cm³/mol. The summed E-state index contributed by atoms with van der Waals surface area (Å²) < 4.78 is 5.19. The Balaban J connectivity index is 3.86. The monoisotopic (exact) mass is 169 g/mol. The van der Waals surface area contributed by atoms with Gasteiger partial charge < -0.3 is 9.84 Å². The van der Waals surface area contributed by atoms with Gasteiger partial charge in [0.15, 0.2) is 6.10 Å². The lowest BCUT2D eigenvalue weighted by molar-refractivity contribution is -0.00649. The molecule has 68 valence electrons.